The SMILES string of the molecule is O=C1CCC[C@]2(CCC[C@H]2O)C1. The number of ketones is 1. The Kier molecular flexibility index (Phi) is 1.95. The van der Waals surface area contributed by atoms with E-state index in [1.165, 1.54) is 0 Å². The van der Waals surface area contributed by atoms with Crippen molar-refractivity contribution < 1.29 is 9.90 Å². The maximum Gasteiger partial charge on any atom is 0.133 e. The van der Waals surface area contributed by atoms with Crippen LogP contribution in [0.3, 0.4) is 0 Å². The summed E-state index contributed by atoms with van der Waals surface area (Å²) in [5, 5.41) is 9.77. The third kappa shape index (κ3) is 1.18. The van der Waals surface area contributed by atoms with Gasteiger partial charge in [-0.3, -0.25) is 4.79 Å². The van der Waals surface area contributed by atoms with Crippen LogP contribution >= 0.6 is 0 Å². The molecule has 1 N–H and O–H groups in total. The first-order valence-corrected chi connectivity index (χ1v) is 4.93. The number of aliphatic hydroxyl groups excluding tert-OH is 1. The Balaban J connectivity index is 2.13. The standard InChI is InChI=1S/C10H16O2/c11-8-3-1-5-10(7-8)6-2-4-9(10)12/h9,12H,1-7H2/t9-,10+/m1/s1. The van der Waals surface area contributed by atoms with Crippen LogP contribution in [0.25, 0.3) is 0 Å². The molecule has 0 aromatic heterocycles. The molecule has 2 rings (SSSR count). The van der Waals surface area contributed by atoms with E-state index in [-0.39, 0.29) is 11.5 Å². The molecule has 2 atom stereocenters. The summed E-state index contributed by atoms with van der Waals surface area (Å²) in [4.78, 5) is 11.3. The molecule has 0 amide bonds. The maximum atomic E-state index is 11.3. The lowest BCUT2D eigenvalue weighted by molar-refractivity contribution is -0.126. The summed E-state index contributed by atoms with van der Waals surface area (Å²) in [6, 6.07) is 0. The molecule has 0 aromatic rings. The number of carbonyl (C=O) groups excluding carboxylic acids is 1. The van der Waals surface area contributed by atoms with Crippen molar-refractivity contribution in [2.45, 2.75) is 51.0 Å². The molecule has 0 heterocycles. The Morgan fingerprint density at radius 1 is 1.33 bits per heavy atom. The van der Waals surface area contributed by atoms with Crippen LogP contribution in [-0.2, 0) is 4.79 Å². The molecule has 1 spiro atoms. The number of hydrogen-bond donors (Lipinski definition) is 1. The molecule has 2 nitrogen and oxygen atoms in total. The summed E-state index contributed by atoms with van der Waals surface area (Å²) < 4.78 is 0. The van der Waals surface area contributed by atoms with Gasteiger partial charge in [-0.05, 0) is 25.7 Å². The lowest BCUT2D eigenvalue weighted by atomic mass is 9.71. The molecule has 2 fully saturated rings. The summed E-state index contributed by atoms with van der Waals surface area (Å²) in [7, 11) is 0. The van der Waals surface area contributed by atoms with Crippen LogP contribution in [0.15, 0.2) is 0 Å². The predicted molar refractivity (Wildman–Crippen MR) is 45.8 cm³/mol. The quantitative estimate of drug-likeness (QED) is 0.597. The fourth-order valence-corrected chi connectivity index (χ4v) is 2.83. The summed E-state index contributed by atoms with van der Waals surface area (Å²) in [6.45, 7) is 0. The van der Waals surface area contributed by atoms with Gasteiger partial charge in [0.15, 0.2) is 0 Å². The van der Waals surface area contributed by atoms with Crippen molar-refractivity contribution >= 4 is 5.78 Å². The summed E-state index contributed by atoms with van der Waals surface area (Å²) in [5.41, 5.74) is 0.00926. The van der Waals surface area contributed by atoms with Gasteiger partial charge in [-0.1, -0.05) is 6.42 Å². The van der Waals surface area contributed by atoms with Crippen LogP contribution in [0.5, 0.6) is 0 Å². The minimum atomic E-state index is -0.193. The van der Waals surface area contributed by atoms with Crippen LogP contribution in [0.1, 0.15) is 44.9 Å². The molecule has 68 valence electrons. The Bertz CT molecular complexity index is 200. The van der Waals surface area contributed by atoms with E-state index in [0.717, 1.165) is 38.5 Å². The van der Waals surface area contributed by atoms with Crippen molar-refractivity contribution in [3.05, 3.63) is 0 Å². The van der Waals surface area contributed by atoms with Gasteiger partial charge in [-0.25, -0.2) is 0 Å². The van der Waals surface area contributed by atoms with E-state index < -0.39 is 0 Å². The van der Waals surface area contributed by atoms with Crippen molar-refractivity contribution in [1.82, 2.24) is 0 Å². The van der Waals surface area contributed by atoms with E-state index in [1.54, 1.807) is 0 Å². The van der Waals surface area contributed by atoms with Crippen molar-refractivity contribution in [2.24, 2.45) is 5.41 Å². The molecule has 0 bridgehead atoms. The Labute approximate surface area is 73.0 Å². The van der Waals surface area contributed by atoms with Gasteiger partial charge in [0.05, 0.1) is 6.10 Å². The van der Waals surface area contributed by atoms with Crippen molar-refractivity contribution in [1.29, 1.82) is 0 Å². The highest BCUT2D eigenvalue weighted by Gasteiger charge is 2.44. The van der Waals surface area contributed by atoms with Gasteiger partial charge >= 0.3 is 0 Å². The largest absolute Gasteiger partial charge is 0.393 e. The molecular formula is C10H16O2. The number of aliphatic hydroxyl groups is 1. The second-order valence-electron chi connectivity index (χ2n) is 4.34. The van der Waals surface area contributed by atoms with E-state index in [4.69, 9.17) is 0 Å². The van der Waals surface area contributed by atoms with Crippen molar-refractivity contribution in [3.8, 4) is 0 Å². The van der Waals surface area contributed by atoms with Crippen LogP contribution in [0.2, 0.25) is 0 Å². The number of hydrogen-bond acceptors (Lipinski definition) is 2. The van der Waals surface area contributed by atoms with E-state index in [0.29, 0.717) is 12.2 Å². The van der Waals surface area contributed by atoms with E-state index in [9.17, 15) is 9.90 Å². The number of rotatable bonds is 0. The second kappa shape index (κ2) is 2.84. The molecule has 0 saturated heterocycles. The zero-order chi connectivity index (χ0) is 8.60. The zero-order valence-corrected chi connectivity index (χ0v) is 7.38. The lowest BCUT2D eigenvalue weighted by Gasteiger charge is -2.35. The lowest BCUT2D eigenvalue weighted by Crippen LogP contribution is -2.35. The average Bonchev–Trinajstić information content (AvgIpc) is 2.33. The van der Waals surface area contributed by atoms with Gasteiger partial charge in [0, 0.05) is 18.3 Å². The van der Waals surface area contributed by atoms with Gasteiger partial charge in [0.2, 0.25) is 0 Å². The summed E-state index contributed by atoms with van der Waals surface area (Å²) in [6.07, 6.45) is 6.35. The van der Waals surface area contributed by atoms with Crippen LogP contribution in [0.4, 0.5) is 0 Å². The molecule has 2 aliphatic carbocycles. The monoisotopic (exact) mass is 168 g/mol. The highest BCUT2D eigenvalue weighted by atomic mass is 16.3. The summed E-state index contributed by atoms with van der Waals surface area (Å²) >= 11 is 0. The zero-order valence-electron chi connectivity index (χ0n) is 7.38. The van der Waals surface area contributed by atoms with Crippen LogP contribution in [0, 0.1) is 5.41 Å². The molecular weight excluding hydrogens is 152 g/mol. The van der Waals surface area contributed by atoms with Gasteiger partial charge in [0.1, 0.15) is 5.78 Å². The Hall–Kier alpha value is -0.370. The molecule has 0 radical (unpaired) electrons. The van der Waals surface area contributed by atoms with Gasteiger partial charge in [0.25, 0.3) is 0 Å². The first kappa shape index (κ1) is 8.24. The average molecular weight is 168 g/mol. The molecule has 2 saturated carbocycles. The van der Waals surface area contributed by atoms with E-state index in [2.05, 4.69) is 0 Å². The molecule has 2 heteroatoms. The minimum absolute atomic E-state index is 0.00926. The highest BCUT2D eigenvalue weighted by molar-refractivity contribution is 5.80. The van der Waals surface area contributed by atoms with Gasteiger partial charge in [-0.15, -0.1) is 0 Å². The molecule has 0 unspecified atom stereocenters. The molecule has 0 aliphatic heterocycles. The Morgan fingerprint density at radius 2 is 2.08 bits per heavy atom. The number of Topliss-reactive ketones (excluding diaryl/α,β-unsaturated/α-hetero) is 1. The smallest absolute Gasteiger partial charge is 0.133 e. The number of carbonyl (C=O) groups is 1. The summed E-state index contributed by atoms with van der Waals surface area (Å²) in [5.74, 6) is 0.363. The maximum absolute atomic E-state index is 11.3. The van der Waals surface area contributed by atoms with Gasteiger partial charge < -0.3 is 5.11 Å². The van der Waals surface area contributed by atoms with Gasteiger partial charge in [-0.2, -0.15) is 0 Å². The normalized spacial score (nSPS) is 42.4. The highest BCUT2D eigenvalue weighted by Crippen LogP contribution is 2.47. The fraction of sp³-hybridized carbons (Fsp3) is 0.900. The minimum Gasteiger partial charge on any atom is -0.393 e. The van der Waals surface area contributed by atoms with Crippen LogP contribution in [-0.4, -0.2) is 17.0 Å². The third-order valence-electron chi connectivity index (χ3n) is 3.54. The topological polar surface area (TPSA) is 37.3 Å². The van der Waals surface area contributed by atoms with Crippen LogP contribution < -0.4 is 0 Å². The first-order valence-electron chi connectivity index (χ1n) is 4.93. The van der Waals surface area contributed by atoms with E-state index >= 15 is 0 Å². The molecule has 2 aliphatic rings. The third-order valence-corrected chi connectivity index (χ3v) is 3.54. The molecule has 0 aromatic carbocycles. The predicted octanol–water partition coefficient (Wildman–Crippen LogP) is 1.66. The second-order valence-corrected chi connectivity index (χ2v) is 4.34. The first-order chi connectivity index (χ1) is 5.73. The Morgan fingerprint density at radius 3 is 2.67 bits per heavy atom. The fourth-order valence-electron chi connectivity index (χ4n) is 2.83. The van der Waals surface area contributed by atoms with Crippen molar-refractivity contribution in [2.75, 3.05) is 0 Å². The molecule has 12 heavy (non-hydrogen) atoms. The van der Waals surface area contributed by atoms with Crippen molar-refractivity contribution in [3.63, 3.8) is 0 Å². The van der Waals surface area contributed by atoms with E-state index in [1.807, 2.05) is 0 Å².